The third-order valence-corrected chi connectivity index (χ3v) is 7.48. The van der Waals surface area contributed by atoms with Crippen molar-refractivity contribution in [3.8, 4) is 5.75 Å². The summed E-state index contributed by atoms with van der Waals surface area (Å²) in [6.45, 7) is -0.855. The molecule has 1 N–H and O–H groups in total. The van der Waals surface area contributed by atoms with Gasteiger partial charge in [-0.3, -0.25) is 4.79 Å². The van der Waals surface area contributed by atoms with E-state index in [2.05, 4.69) is 4.74 Å². The molecule has 0 saturated carbocycles. The zero-order valence-corrected chi connectivity index (χ0v) is 18.9. The molecule has 2 aromatic rings. The van der Waals surface area contributed by atoms with Gasteiger partial charge in [-0.15, -0.1) is 13.2 Å². The molecule has 0 aliphatic carbocycles. The number of aliphatic hydroxyl groups is 1. The average Bonchev–Trinajstić information content (AvgIpc) is 2.77. The Bertz CT molecular complexity index is 1170. The first kappa shape index (κ1) is 26.8. The lowest BCUT2D eigenvalue weighted by atomic mass is 9.91. The highest BCUT2D eigenvalue weighted by atomic mass is 32.2. The molecule has 1 aliphatic heterocycles. The van der Waals surface area contributed by atoms with Gasteiger partial charge in [0.25, 0.3) is 5.91 Å². The highest BCUT2D eigenvalue weighted by molar-refractivity contribution is 7.89. The Morgan fingerprint density at radius 2 is 1.54 bits per heavy atom. The summed E-state index contributed by atoms with van der Waals surface area (Å²) in [7, 11) is -3.31. The van der Waals surface area contributed by atoms with Gasteiger partial charge in [0.1, 0.15) is 11.4 Å². The average molecular weight is 526 g/mol. The van der Waals surface area contributed by atoms with Gasteiger partial charge in [0.2, 0.25) is 10.0 Å². The Kier molecular flexibility index (Phi) is 7.12. The Hall–Kier alpha value is -2.84. The van der Waals surface area contributed by atoms with Crippen molar-refractivity contribution in [2.75, 3.05) is 25.0 Å². The van der Waals surface area contributed by atoms with Crippen LogP contribution in [0.25, 0.3) is 0 Å². The number of sulfonamides is 1. The van der Waals surface area contributed by atoms with Crippen LogP contribution in [-0.2, 0) is 21.0 Å². The van der Waals surface area contributed by atoms with Crippen LogP contribution in [-0.4, -0.2) is 55.8 Å². The number of hydrogen-bond donors (Lipinski definition) is 1. The van der Waals surface area contributed by atoms with Gasteiger partial charge < -0.3 is 14.7 Å². The predicted molar refractivity (Wildman–Crippen MR) is 111 cm³/mol. The van der Waals surface area contributed by atoms with Crippen LogP contribution in [0.4, 0.5) is 32.0 Å². The molecule has 2 aromatic carbocycles. The standard InChI is InChI=1S/C21H20F6N2O5S/c1-28(14-6-8-15(9-7-14)34-21(25,26)27)18(30)19(31)10-12-29(13-11-19)35(32,33)17-5-3-2-4-16(17)20(22,23)24/h2-9,31H,10-13H2,1H3. The second-order valence-electron chi connectivity index (χ2n) is 7.84. The summed E-state index contributed by atoms with van der Waals surface area (Å²) in [6, 6.07) is 7.99. The first-order chi connectivity index (χ1) is 16.0. The molecule has 3 rings (SSSR count). The minimum atomic E-state index is -4.90. The molecule has 192 valence electrons. The van der Waals surface area contributed by atoms with E-state index in [1.165, 1.54) is 7.05 Å². The quantitative estimate of drug-likeness (QED) is 0.600. The highest BCUT2D eigenvalue weighted by Crippen LogP contribution is 2.37. The minimum Gasteiger partial charge on any atom is -0.406 e. The molecule has 7 nitrogen and oxygen atoms in total. The predicted octanol–water partition coefficient (Wildman–Crippen LogP) is 3.78. The van der Waals surface area contributed by atoms with Crippen molar-refractivity contribution in [2.24, 2.45) is 0 Å². The Labute approximate surface area is 196 Å². The van der Waals surface area contributed by atoms with E-state index in [9.17, 15) is 44.7 Å². The van der Waals surface area contributed by atoms with Gasteiger partial charge >= 0.3 is 12.5 Å². The van der Waals surface area contributed by atoms with E-state index in [1.807, 2.05) is 0 Å². The van der Waals surface area contributed by atoms with E-state index in [0.717, 1.165) is 51.7 Å². The number of nitrogens with zero attached hydrogens (tertiary/aromatic N) is 2. The summed E-state index contributed by atoms with van der Waals surface area (Å²) < 4.78 is 107. The topological polar surface area (TPSA) is 87.2 Å². The maximum atomic E-state index is 13.3. The smallest absolute Gasteiger partial charge is 0.406 e. The van der Waals surface area contributed by atoms with Crippen LogP contribution >= 0.6 is 0 Å². The molecule has 0 spiro atoms. The van der Waals surface area contributed by atoms with Crippen LogP contribution in [0, 0.1) is 0 Å². The fourth-order valence-corrected chi connectivity index (χ4v) is 5.33. The van der Waals surface area contributed by atoms with Gasteiger partial charge in [-0.25, -0.2) is 8.42 Å². The third kappa shape index (κ3) is 5.87. The molecule has 35 heavy (non-hydrogen) atoms. The summed E-state index contributed by atoms with van der Waals surface area (Å²) in [6.07, 6.45) is -10.6. The largest absolute Gasteiger partial charge is 0.573 e. The van der Waals surface area contributed by atoms with Gasteiger partial charge in [-0.2, -0.15) is 17.5 Å². The Morgan fingerprint density at radius 1 is 1.00 bits per heavy atom. The van der Waals surface area contributed by atoms with Gasteiger partial charge in [-0.05, 0) is 49.2 Å². The molecule has 0 atom stereocenters. The summed E-state index contributed by atoms with van der Waals surface area (Å²) in [5.41, 5.74) is -3.23. The summed E-state index contributed by atoms with van der Waals surface area (Å²) in [5.74, 6) is -1.37. The van der Waals surface area contributed by atoms with Crippen molar-refractivity contribution in [2.45, 2.75) is 35.9 Å². The second-order valence-corrected chi connectivity index (χ2v) is 9.74. The van der Waals surface area contributed by atoms with E-state index in [0.29, 0.717) is 6.07 Å². The van der Waals surface area contributed by atoms with Gasteiger partial charge in [0.05, 0.1) is 10.5 Å². The van der Waals surface area contributed by atoms with E-state index in [1.54, 1.807) is 0 Å². The molecule has 1 fully saturated rings. The molecule has 1 aliphatic rings. The maximum Gasteiger partial charge on any atom is 0.573 e. The molecule has 1 saturated heterocycles. The van der Waals surface area contributed by atoms with Crippen LogP contribution in [0.1, 0.15) is 18.4 Å². The number of amides is 1. The number of carbonyl (C=O) groups is 1. The molecule has 14 heteroatoms. The lowest BCUT2D eigenvalue weighted by Crippen LogP contribution is -2.55. The normalized spacial score (nSPS) is 17.1. The van der Waals surface area contributed by atoms with Crippen molar-refractivity contribution in [1.82, 2.24) is 4.31 Å². The summed E-state index contributed by atoms with van der Waals surface area (Å²) in [5, 5.41) is 10.9. The van der Waals surface area contributed by atoms with Crippen LogP contribution in [0.3, 0.4) is 0 Å². The van der Waals surface area contributed by atoms with Gasteiger partial charge in [-0.1, -0.05) is 12.1 Å². The molecule has 1 heterocycles. The molecular formula is C21H20F6N2O5S. The fourth-order valence-electron chi connectivity index (χ4n) is 3.68. The number of anilines is 1. The van der Waals surface area contributed by atoms with Crippen molar-refractivity contribution in [3.05, 3.63) is 54.1 Å². The molecule has 0 bridgehead atoms. The van der Waals surface area contributed by atoms with Crippen LogP contribution in [0.2, 0.25) is 0 Å². The number of benzene rings is 2. The SMILES string of the molecule is CN(C(=O)C1(O)CCN(S(=O)(=O)c2ccccc2C(F)(F)F)CC1)c1ccc(OC(F)(F)F)cc1. The van der Waals surface area contributed by atoms with Crippen LogP contribution in [0.5, 0.6) is 5.75 Å². The molecule has 1 amide bonds. The molecule has 0 radical (unpaired) electrons. The number of likely N-dealkylation sites (N-methyl/N-ethyl adjacent to an activating group) is 1. The Morgan fingerprint density at radius 3 is 2.06 bits per heavy atom. The third-order valence-electron chi connectivity index (χ3n) is 5.52. The van der Waals surface area contributed by atoms with Crippen molar-refractivity contribution < 1.29 is 49.4 Å². The van der Waals surface area contributed by atoms with E-state index in [4.69, 9.17) is 0 Å². The van der Waals surface area contributed by atoms with Crippen molar-refractivity contribution in [1.29, 1.82) is 0 Å². The van der Waals surface area contributed by atoms with E-state index >= 15 is 0 Å². The number of carbonyl (C=O) groups excluding carboxylic acids is 1. The van der Waals surface area contributed by atoms with E-state index < -0.39 is 76.2 Å². The van der Waals surface area contributed by atoms with Gasteiger partial charge in [0, 0.05) is 25.8 Å². The summed E-state index contributed by atoms with van der Waals surface area (Å²) >= 11 is 0. The monoisotopic (exact) mass is 526 g/mol. The van der Waals surface area contributed by atoms with Crippen molar-refractivity contribution >= 4 is 21.6 Å². The molecule has 0 unspecified atom stereocenters. The lowest BCUT2D eigenvalue weighted by molar-refractivity contribution is -0.274. The lowest BCUT2D eigenvalue weighted by Gasteiger charge is -2.38. The molecule has 0 aromatic heterocycles. The maximum absolute atomic E-state index is 13.3. The van der Waals surface area contributed by atoms with Crippen LogP contribution < -0.4 is 9.64 Å². The number of rotatable bonds is 5. The number of alkyl halides is 6. The minimum absolute atomic E-state index is 0.132. The number of piperidine rings is 1. The van der Waals surface area contributed by atoms with Gasteiger partial charge in [0.15, 0.2) is 0 Å². The van der Waals surface area contributed by atoms with E-state index in [-0.39, 0.29) is 5.69 Å². The first-order valence-electron chi connectivity index (χ1n) is 10.1. The zero-order valence-electron chi connectivity index (χ0n) is 18.1. The zero-order chi connectivity index (χ0) is 26.2. The fraction of sp³-hybridized carbons (Fsp3) is 0.381. The Balaban J connectivity index is 1.73. The first-order valence-corrected chi connectivity index (χ1v) is 11.5. The highest BCUT2D eigenvalue weighted by Gasteiger charge is 2.45. The van der Waals surface area contributed by atoms with Crippen molar-refractivity contribution in [3.63, 3.8) is 0 Å². The number of ether oxygens (including phenoxy) is 1. The van der Waals surface area contributed by atoms with Crippen LogP contribution in [0.15, 0.2) is 53.4 Å². The number of halogens is 6. The second kappa shape index (κ2) is 9.32. The molecular weight excluding hydrogens is 506 g/mol. The summed E-state index contributed by atoms with van der Waals surface area (Å²) in [4.78, 5) is 13.0. The number of hydrogen-bond acceptors (Lipinski definition) is 5.